The number of ketones is 1. The summed E-state index contributed by atoms with van der Waals surface area (Å²) in [6.45, 7) is 2.23. The molecule has 0 aromatic rings. The number of unbranched alkanes of at least 4 members (excludes halogenated alkanes) is 4. The molecule has 0 heterocycles. The van der Waals surface area contributed by atoms with Gasteiger partial charge >= 0.3 is 0 Å². The van der Waals surface area contributed by atoms with E-state index in [0.29, 0.717) is 5.78 Å². The van der Waals surface area contributed by atoms with Crippen LogP contribution in [-0.2, 0) is 4.79 Å². The molecular weight excluding hydrogens is 216 g/mol. The standard InChI is InChI=1S/C14H26OS/c1-2-3-4-5-6-9-13(15)12-16-14-10-7-8-11-14/h14H,2-12H2,1H3. The van der Waals surface area contributed by atoms with E-state index in [4.69, 9.17) is 0 Å². The van der Waals surface area contributed by atoms with Crippen LogP contribution in [0.2, 0.25) is 0 Å². The number of rotatable bonds is 9. The number of hydrogen-bond acceptors (Lipinski definition) is 2. The maximum atomic E-state index is 11.6. The van der Waals surface area contributed by atoms with E-state index in [1.807, 2.05) is 11.8 Å². The minimum absolute atomic E-state index is 0.480. The first-order chi connectivity index (χ1) is 7.83. The molecule has 1 rings (SSSR count). The summed E-state index contributed by atoms with van der Waals surface area (Å²) in [5.41, 5.74) is 0. The van der Waals surface area contributed by atoms with E-state index in [1.165, 1.54) is 51.4 Å². The van der Waals surface area contributed by atoms with Crippen molar-refractivity contribution in [2.75, 3.05) is 5.75 Å². The lowest BCUT2D eigenvalue weighted by molar-refractivity contribution is -0.116. The van der Waals surface area contributed by atoms with Crippen LogP contribution in [-0.4, -0.2) is 16.8 Å². The fraction of sp³-hybridized carbons (Fsp3) is 0.929. The SMILES string of the molecule is CCCCCCCC(=O)CSC1CCCC1. The van der Waals surface area contributed by atoms with Crippen LogP contribution in [0.15, 0.2) is 0 Å². The number of thioether (sulfide) groups is 1. The largest absolute Gasteiger partial charge is 0.299 e. The van der Waals surface area contributed by atoms with E-state index in [-0.39, 0.29) is 0 Å². The molecule has 0 atom stereocenters. The van der Waals surface area contributed by atoms with Crippen molar-refractivity contribution in [3.63, 3.8) is 0 Å². The van der Waals surface area contributed by atoms with Crippen molar-refractivity contribution in [3.05, 3.63) is 0 Å². The summed E-state index contributed by atoms with van der Waals surface area (Å²) in [5, 5.41) is 0.795. The van der Waals surface area contributed by atoms with Gasteiger partial charge in [-0.3, -0.25) is 4.79 Å². The number of carbonyl (C=O) groups excluding carboxylic acids is 1. The smallest absolute Gasteiger partial charge is 0.142 e. The Kier molecular flexibility index (Phi) is 8.00. The van der Waals surface area contributed by atoms with Crippen LogP contribution in [0.5, 0.6) is 0 Å². The van der Waals surface area contributed by atoms with Crippen molar-refractivity contribution in [2.45, 2.75) is 76.4 Å². The van der Waals surface area contributed by atoms with Gasteiger partial charge in [-0.05, 0) is 19.3 Å². The van der Waals surface area contributed by atoms with Gasteiger partial charge in [-0.15, -0.1) is 0 Å². The zero-order chi connectivity index (χ0) is 11.6. The zero-order valence-corrected chi connectivity index (χ0v) is 11.5. The molecule has 0 N–H and O–H groups in total. The van der Waals surface area contributed by atoms with Crippen LogP contribution in [0.25, 0.3) is 0 Å². The summed E-state index contributed by atoms with van der Waals surface area (Å²) in [6, 6.07) is 0. The molecule has 16 heavy (non-hydrogen) atoms. The first kappa shape index (κ1) is 14.1. The molecule has 94 valence electrons. The Bertz CT molecular complexity index is 185. The summed E-state index contributed by atoms with van der Waals surface area (Å²) >= 11 is 1.91. The summed E-state index contributed by atoms with van der Waals surface area (Å²) in [6.07, 6.45) is 12.5. The fourth-order valence-corrected chi connectivity index (χ4v) is 3.50. The second kappa shape index (κ2) is 9.09. The van der Waals surface area contributed by atoms with Gasteiger partial charge in [0, 0.05) is 11.7 Å². The van der Waals surface area contributed by atoms with Gasteiger partial charge in [0.2, 0.25) is 0 Å². The summed E-state index contributed by atoms with van der Waals surface area (Å²) in [7, 11) is 0. The van der Waals surface area contributed by atoms with E-state index in [0.717, 1.165) is 23.8 Å². The highest BCUT2D eigenvalue weighted by Gasteiger charge is 2.16. The second-order valence-corrected chi connectivity index (χ2v) is 6.21. The average Bonchev–Trinajstić information content (AvgIpc) is 2.79. The molecule has 1 aliphatic carbocycles. The maximum absolute atomic E-state index is 11.6. The van der Waals surface area contributed by atoms with E-state index in [2.05, 4.69) is 6.92 Å². The average molecular weight is 242 g/mol. The van der Waals surface area contributed by atoms with Crippen molar-refractivity contribution < 1.29 is 4.79 Å². The van der Waals surface area contributed by atoms with Gasteiger partial charge in [-0.25, -0.2) is 0 Å². The topological polar surface area (TPSA) is 17.1 Å². The molecule has 0 unspecified atom stereocenters. The van der Waals surface area contributed by atoms with Crippen LogP contribution in [0, 0.1) is 0 Å². The molecule has 0 aliphatic heterocycles. The highest BCUT2D eigenvalue weighted by molar-refractivity contribution is 8.00. The number of Topliss-reactive ketones (excluding diaryl/α,β-unsaturated/α-hetero) is 1. The van der Waals surface area contributed by atoms with Crippen molar-refractivity contribution in [2.24, 2.45) is 0 Å². The Labute approximate surface area is 105 Å². The molecule has 0 aromatic carbocycles. The zero-order valence-electron chi connectivity index (χ0n) is 10.7. The molecule has 0 aromatic heterocycles. The van der Waals surface area contributed by atoms with Gasteiger partial charge in [0.05, 0.1) is 5.75 Å². The van der Waals surface area contributed by atoms with E-state index in [9.17, 15) is 4.79 Å². The van der Waals surface area contributed by atoms with E-state index >= 15 is 0 Å². The third kappa shape index (κ3) is 6.57. The summed E-state index contributed by atoms with van der Waals surface area (Å²) < 4.78 is 0. The second-order valence-electron chi connectivity index (χ2n) is 4.92. The molecular formula is C14H26OS. The Morgan fingerprint density at radius 3 is 2.50 bits per heavy atom. The third-order valence-corrected chi connectivity index (χ3v) is 4.77. The van der Waals surface area contributed by atoms with Crippen molar-refractivity contribution >= 4 is 17.5 Å². The quantitative estimate of drug-likeness (QED) is 0.550. The first-order valence-corrected chi connectivity index (χ1v) is 8.01. The molecule has 0 amide bonds. The molecule has 1 aliphatic rings. The highest BCUT2D eigenvalue weighted by atomic mass is 32.2. The van der Waals surface area contributed by atoms with Gasteiger partial charge in [-0.1, -0.05) is 45.4 Å². The van der Waals surface area contributed by atoms with Gasteiger partial charge < -0.3 is 0 Å². The van der Waals surface area contributed by atoms with Crippen LogP contribution in [0.3, 0.4) is 0 Å². The third-order valence-electron chi connectivity index (χ3n) is 3.34. The Morgan fingerprint density at radius 2 is 1.81 bits per heavy atom. The Hall–Kier alpha value is 0.0200. The van der Waals surface area contributed by atoms with E-state index in [1.54, 1.807) is 0 Å². The molecule has 1 saturated carbocycles. The maximum Gasteiger partial charge on any atom is 0.142 e. The van der Waals surface area contributed by atoms with Crippen LogP contribution >= 0.6 is 11.8 Å². The molecule has 2 heteroatoms. The molecule has 0 radical (unpaired) electrons. The summed E-state index contributed by atoms with van der Waals surface area (Å²) in [5.74, 6) is 1.26. The fourth-order valence-electron chi connectivity index (χ4n) is 2.26. The van der Waals surface area contributed by atoms with Crippen LogP contribution in [0.4, 0.5) is 0 Å². The lowest BCUT2D eigenvalue weighted by atomic mass is 10.1. The van der Waals surface area contributed by atoms with E-state index < -0.39 is 0 Å². The predicted molar refractivity (Wildman–Crippen MR) is 73.1 cm³/mol. The number of carbonyl (C=O) groups is 1. The number of hydrogen-bond donors (Lipinski definition) is 0. The first-order valence-electron chi connectivity index (χ1n) is 6.96. The molecule has 0 saturated heterocycles. The Balaban J connectivity index is 1.90. The Morgan fingerprint density at radius 1 is 1.12 bits per heavy atom. The van der Waals surface area contributed by atoms with Crippen molar-refractivity contribution in [1.82, 2.24) is 0 Å². The molecule has 1 nitrogen and oxygen atoms in total. The molecule has 0 bridgehead atoms. The van der Waals surface area contributed by atoms with Gasteiger partial charge in [0.15, 0.2) is 0 Å². The lowest BCUT2D eigenvalue weighted by Gasteiger charge is -2.07. The van der Waals surface area contributed by atoms with Gasteiger partial charge in [0.25, 0.3) is 0 Å². The lowest BCUT2D eigenvalue weighted by Crippen LogP contribution is -2.05. The normalized spacial score (nSPS) is 16.8. The monoisotopic (exact) mass is 242 g/mol. The van der Waals surface area contributed by atoms with Crippen LogP contribution in [0.1, 0.15) is 71.1 Å². The van der Waals surface area contributed by atoms with Gasteiger partial charge in [-0.2, -0.15) is 11.8 Å². The van der Waals surface area contributed by atoms with Gasteiger partial charge in [0.1, 0.15) is 5.78 Å². The summed E-state index contributed by atoms with van der Waals surface area (Å²) in [4.78, 5) is 11.6. The van der Waals surface area contributed by atoms with Crippen molar-refractivity contribution in [1.29, 1.82) is 0 Å². The van der Waals surface area contributed by atoms with Crippen LogP contribution < -0.4 is 0 Å². The highest BCUT2D eigenvalue weighted by Crippen LogP contribution is 2.29. The minimum atomic E-state index is 0.480. The van der Waals surface area contributed by atoms with Crippen molar-refractivity contribution in [3.8, 4) is 0 Å². The molecule has 0 spiro atoms. The molecule has 1 fully saturated rings. The minimum Gasteiger partial charge on any atom is -0.299 e. The predicted octanol–water partition coefficient (Wildman–Crippen LogP) is 4.59.